The lowest BCUT2D eigenvalue weighted by Gasteiger charge is -2.54. The highest BCUT2D eigenvalue weighted by Gasteiger charge is 2.70. The maximum atomic E-state index is 14.6. The minimum absolute atomic E-state index is 0.00382. The molecule has 3 spiro atoms. The van der Waals surface area contributed by atoms with Crippen molar-refractivity contribution in [2.75, 3.05) is 0 Å². The molecule has 18 heteroatoms. The molecule has 1 N–H and O–H groups in total. The molecular formula is C60H84O18. The summed E-state index contributed by atoms with van der Waals surface area (Å²) < 4.78 is 104. The molecule has 16 aliphatic heterocycles. The molecule has 0 unspecified atom stereocenters. The molecule has 31 atom stereocenters. The second-order valence-corrected chi connectivity index (χ2v) is 27.4. The van der Waals surface area contributed by atoms with Gasteiger partial charge < -0.3 is 76.2 Å². The summed E-state index contributed by atoms with van der Waals surface area (Å²) in [6.07, 6.45) is 3.38. The fourth-order valence-electron chi connectivity index (χ4n) is 18.1. The maximum absolute atomic E-state index is 14.6. The van der Waals surface area contributed by atoms with E-state index >= 15 is 0 Å². The van der Waals surface area contributed by atoms with E-state index in [0.29, 0.717) is 64.2 Å². The number of carbonyl (C=O) groups excluding carboxylic acids is 2. The monoisotopic (exact) mass is 1090 g/mol. The Balaban J connectivity index is 0.661. The van der Waals surface area contributed by atoms with Crippen LogP contribution in [0.4, 0.5) is 0 Å². The van der Waals surface area contributed by atoms with Gasteiger partial charge >= 0.3 is 5.97 Å². The minimum atomic E-state index is -0.919. The Labute approximate surface area is 458 Å². The molecule has 16 rings (SSSR count). The van der Waals surface area contributed by atoms with Gasteiger partial charge in [-0.1, -0.05) is 40.9 Å². The van der Waals surface area contributed by atoms with Crippen molar-refractivity contribution in [2.45, 2.75) is 314 Å². The maximum Gasteiger partial charge on any atom is 0.308 e. The second-order valence-electron chi connectivity index (χ2n) is 27.4. The summed E-state index contributed by atoms with van der Waals surface area (Å²) in [5.74, 6) is -2.77. The first-order chi connectivity index (χ1) is 37.4. The van der Waals surface area contributed by atoms with E-state index in [4.69, 9.17) is 71.1 Å². The fourth-order valence-corrected chi connectivity index (χ4v) is 18.1. The second kappa shape index (κ2) is 19.5. The first kappa shape index (κ1) is 52.8. The van der Waals surface area contributed by atoms with E-state index in [-0.39, 0.29) is 152 Å². The van der Waals surface area contributed by atoms with Gasteiger partial charge in [-0.3, -0.25) is 9.59 Å². The van der Waals surface area contributed by atoms with E-state index < -0.39 is 60.1 Å². The molecule has 0 aromatic carbocycles. The Hall–Kier alpha value is -1.98. The van der Waals surface area contributed by atoms with Crippen LogP contribution in [0.5, 0.6) is 0 Å². The molecule has 16 saturated heterocycles. The average molecular weight is 1090 g/mol. The molecule has 16 fully saturated rings. The predicted molar refractivity (Wildman–Crippen MR) is 271 cm³/mol. The number of hydrogen-bond acceptors (Lipinski definition) is 18. The van der Waals surface area contributed by atoms with Crippen LogP contribution in [0.15, 0.2) is 24.3 Å². The van der Waals surface area contributed by atoms with Gasteiger partial charge in [0.25, 0.3) is 0 Å². The number of Topliss-reactive ketones (excluding diaryl/α,β-unsaturated/α-hetero) is 1. The van der Waals surface area contributed by atoms with Crippen molar-refractivity contribution in [1.82, 2.24) is 0 Å². The highest BCUT2D eigenvalue weighted by Crippen LogP contribution is 2.58. The Morgan fingerprint density at radius 3 is 2.03 bits per heavy atom. The van der Waals surface area contributed by atoms with Gasteiger partial charge in [-0.15, -0.1) is 0 Å². The van der Waals surface area contributed by atoms with Crippen molar-refractivity contribution < 1.29 is 85.7 Å². The summed E-state index contributed by atoms with van der Waals surface area (Å²) in [4.78, 5) is 26.6. The van der Waals surface area contributed by atoms with E-state index in [0.717, 1.165) is 49.7 Å². The summed E-state index contributed by atoms with van der Waals surface area (Å²) >= 11 is 0. The molecule has 18 nitrogen and oxygen atoms in total. The number of esters is 1. The summed E-state index contributed by atoms with van der Waals surface area (Å²) in [6.45, 7) is 19.4. The summed E-state index contributed by atoms with van der Waals surface area (Å²) in [5.41, 5.74) is 2.16. The number of hydrogen-bond donors (Lipinski definition) is 1. The van der Waals surface area contributed by atoms with Gasteiger partial charge in [-0.25, -0.2) is 0 Å². The van der Waals surface area contributed by atoms with Crippen molar-refractivity contribution in [3.8, 4) is 0 Å². The highest BCUT2D eigenvalue weighted by molar-refractivity contribution is 5.76. The topological polar surface area (TPSA) is 193 Å². The third-order valence-electron chi connectivity index (χ3n) is 21.7. The third-order valence-corrected chi connectivity index (χ3v) is 21.7. The molecule has 0 aromatic rings. The van der Waals surface area contributed by atoms with Gasteiger partial charge in [0.2, 0.25) is 0 Å². The molecular weight excluding hydrogens is 1010 g/mol. The quantitative estimate of drug-likeness (QED) is 0.244. The van der Waals surface area contributed by atoms with Crippen LogP contribution >= 0.6 is 0 Å². The molecule has 0 aliphatic carbocycles. The zero-order valence-corrected chi connectivity index (χ0v) is 46.2. The SMILES string of the molecule is C=C1C[C@@H]2CC[C@@]34C[C@H]5O[C@H]6[C@@H](O3)[C@H]3O[C@H](CC[C@@H]3O[C@H]6[C@H]5O4)CC(=O)O[C@@H]3[C@@H](C)[C@@H]4O[C@@H]5C[C@]6(C[C@@H]7O[C@]8(C[C@H](C)[C@@H]9O[C@H](CC(C)=O)[C@H](O)C[C@@H]9O8)C[C@H](C)[C@@H]7O6)O[C@@H]5C[C@@H]4O[C@H]3C[C@H]3O[C@@H](CC[C@@H]1O2)C[C@@H](C)C3=C. The zero-order valence-electron chi connectivity index (χ0n) is 46.2. The van der Waals surface area contributed by atoms with E-state index in [1.807, 2.05) is 0 Å². The van der Waals surface area contributed by atoms with Crippen LogP contribution in [0, 0.1) is 23.7 Å². The van der Waals surface area contributed by atoms with Crippen LogP contribution in [0.1, 0.15) is 150 Å². The number of aliphatic hydroxyl groups is 1. The lowest BCUT2D eigenvalue weighted by Crippen LogP contribution is -2.62. The molecule has 0 radical (unpaired) electrons. The normalized spacial score (nSPS) is 58.0. The summed E-state index contributed by atoms with van der Waals surface area (Å²) in [7, 11) is 0. The Morgan fingerprint density at radius 2 is 1.18 bits per heavy atom. The molecule has 12 bridgehead atoms. The first-order valence-corrected chi connectivity index (χ1v) is 30.5. The molecule has 0 amide bonds. The zero-order chi connectivity index (χ0) is 53.3. The number of ether oxygens (including phenoxy) is 15. The number of aliphatic hydroxyl groups excluding tert-OH is 1. The van der Waals surface area contributed by atoms with Crippen LogP contribution in [-0.4, -0.2) is 181 Å². The van der Waals surface area contributed by atoms with Crippen LogP contribution in [-0.2, 0) is 80.6 Å². The van der Waals surface area contributed by atoms with Crippen LogP contribution in [0.25, 0.3) is 0 Å². The lowest BCUT2D eigenvalue weighted by molar-refractivity contribution is -0.371. The molecule has 0 saturated carbocycles. The van der Waals surface area contributed by atoms with Gasteiger partial charge in [0.15, 0.2) is 17.4 Å². The van der Waals surface area contributed by atoms with Crippen molar-refractivity contribution >= 4 is 11.8 Å². The molecule has 16 aliphatic rings. The van der Waals surface area contributed by atoms with Gasteiger partial charge in [0.05, 0.1) is 116 Å². The van der Waals surface area contributed by atoms with Crippen molar-refractivity contribution in [3.05, 3.63) is 24.3 Å². The van der Waals surface area contributed by atoms with Crippen molar-refractivity contribution in [3.63, 3.8) is 0 Å². The van der Waals surface area contributed by atoms with Gasteiger partial charge in [0, 0.05) is 70.1 Å². The van der Waals surface area contributed by atoms with Gasteiger partial charge in [0.1, 0.15) is 42.4 Å². The van der Waals surface area contributed by atoms with E-state index in [1.54, 1.807) is 0 Å². The van der Waals surface area contributed by atoms with Crippen LogP contribution in [0.3, 0.4) is 0 Å². The average Bonchev–Trinajstić information content (AvgIpc) is 4.05. The smallest absolute Gasteiger partial charge is 0.308 e. The predicted octanol–water partition coefficient (Wildman–Crippen LogP) is 6.16. The standard InChI is InChI=1S/C60H84O18/c1-26-14-33-8-10-37-27(2)15-35(64-37)12-13-58-24-46-54(77-58)55-56(71-46)57(78-58)53-38(68-55)11-9-34(66-53)17-48(63)72-52-32(7)51-43(67-42(52)19-39(65-33)31(26)6)20-41-45(70-51)23-60(73-41)25-47-50(76-60)29(4)22-59(75-47)21-28(3)49-44(74-59)18-36(62)40(69-49)16-30(5)61/h26,28-29,32-47,49-57,62H,2,6,8-25H2,1,3-5,7H3/t26-,28+,29+,32+,33+,34-,35+,36-,37+,38+,39-,40-,41-,42+,43+,44+,45-,46-,47+,49+,50+,51+,52-,53+,54+,55+,56-,57+,58+,59-,60+/m1/s1. The number of carbonyl (C=O) groups is 2. The van der Waals surface area contributed by atoms with Gasteiger partial charge in [-0.2, -0.15) is 0 Å². The summed E-state index contributed by atoms with van der Waals surface area (Å²) in [6, 6.07) is 0. The first-order valence-electron chi connectivity index (χ1n) is 30.5. The number of ketones is 1. The Bertz CT molecular complexity index is 2370. The van der Waals surface area contributed by atoms with Crippen molar-refractivity contribution in [2.24, 2.45) is 23.7 Å². The largest absolute Gasteiger partial charge is 0.459 e. The van der Waals surface area contributed by atoms with E-state index in [9.17, 15) is 14.7 Å². The number of fused-ring (bicyclic) bond motifs is 10. The number of rotatable bonds is 2. The molecule has 78 heavy (non-hydrogen) atoms. The minimum Gasteiger partial charge on any atom is -0.459 e. The van der Waals surface area contributed by atoms with Gasteiger partial charge in [-0.05, 0) is 80.8 Å². The van der Waals surface area contributed by atoms with Crippen molar-refractivity contribution in [1.29, 1.82) is 0 Å². The fraction of sp³-hybridized carbons (Fsp3) is 0.900. The molecule has 16 heterocycles. The van der Waals surface area contributed by atoms with Crippen LogP contribution < -0.4 is 0 Å². The molecule has 432 valence electrons. The third kappa shape index (κ3) is 9.03. The summed E-state index contributed by atoms with van der Waals surface area (Å²) in [5, 5.41) is 11.0. The van der Waals surface area contributed by atoms with E-state index in [2.05, 4.69) is 40.9 Å². The highest BCUT2D eigenvalue weighted by atomic mass is 16.8. The molecule has 0 aromatic heterocycles. The van der Waals surface area contributed by atoms with E-state index in [1.165, 1.54) is 6.92 Å². The lowest BCUT2D eigenvalue weighted by atomic mass is 9.78. The Morgan fingerprint density at radius 1 is 0.513 bits per heavy atom. The van der Waals surface area contributed by atoms with Crippen LogP contribution in [0.2, 0.25) is 0 Å². The Kier molecular flexibility index (Phi) is 13.2.